The molecule has 2 atom stereocenters. The quantitative estimate of drug-likeness (QED) is 0.857. The molecule has 2 aromatic carbocycles. The van der Waals surface area contributed by atoms with Gasteiger partial charge in [-0.15, -0.1) is 0 Å². The number of piperidine rings is 1. The van der Waals surface area contributed by atoms with Crippen LogP contribution in [-0.4, -0.2) is 12.1 Å². The van der Waals surface area contributed by atoms with E-state index in [0.717, 1.165) is 0 Å². The Morgan fingerprint density at radius 1 is 0.762 bits per heavy atom. The van der Waals surface area contributed by atoms with Gasteiger partial charge in [-0.25, -0.2) is 0 Å². The lowest BCUT2D eigenvalue weighted by atomic mass is 9.91. The van der Waals surface area contributed by atoms with Gasteiger partial charge in [-0.1, -0.05) is 67.1 Å². The molecule has 0 bridgehead atoms. The van der Waals surface area contributed by atoms with E-state index < -0.39 is 0 Å². The summed E-state index contributed by atoms with van der Waals surface area (Å²) in [5.41, 5.74) is 2.92. The first-order chi connectivity index (χ1) is 10.4. The second-order valence-corrected chi connectivity index (χ2v) is 6.21. The number of hydrogen-bond acceptors (Lipinski definition) is 1. The van der Waals surface area contributed by atoms with Gasteiger partial charge >= 0.3 is 0 Å². The summed E-state index contributed by atoms with van der Waals surface area (Å²) in [6.45, 7) is 0. The molecule has 1 nitrogen and oxygen atoms in total. The van der Waals surface area contributed by atoms with Crippen LogP contribution in [0, 0.1) is 0 Å². The van der Waals surface area contributed by atoms with Gasteiger partial charge in [-0.3, -0.25) is 0 Å². The Balaban J connectivity index is 1.49. The number of benzene rings is 2. The number of nitrogens with one attached hydrogen (secondary N) is 1. The third-order valence-corrected chi connectivity index (χ3v) is 4.53. The molecule has 0 radical (unpaired) electrons. The predicted octanol–water partition coefficient (Wildman–Crippen LogP) is 4.37. The number of hydrogen-bond donors (Lipinski definition) is 1. The van der Waals surface area contributed by atoms with Gasteiger partial charge in [0.2, 0.25) is 0 Å². The SMILES string of the molecule is c1ccc(CC[C@H]2CCC[C@@H](Cc3ccccc3)N2)cc1. The van der Waals surface area contributed by atoms with E-state index in [-0.39, 0.29) is 0 Å². The fourth-order valence-corrected chi connectivity index (χ4v) is 3.38. The minimum absolute atomic E-state index is 0.655. The molecule has 1 fully saturated rings. The van der Waals surface area contributed by atoms with E-state index in [0.29, 0.717) is 12.1 Å². The van der Waals surface area contributed by atoms with E-state index in [9.17, 15) is 0 Å². The zero-order valence-electron chi connectivity index (χ0n) is 12.7. The molecule has 1 heteroatoms. The van der Waals surface area contributed by atoms with Crippen molar-refractivity contribution in [2.45, 2.75) is 50.6 Å². The zero-order valence-corrected chi connectivity index (χ0v) is 12.7. The van der Waals surface area contributed by atoms with Gasteiger partial charge in [0.05, 0.1) is 0 Å². The third kappa shape index (κ3) is 4.44. The van der Waals surface area contributed by atoms with Gasteiger partial charge < -0.3 is 5.32 Å². The lowest BCUT2D eigenvalue weighted by Gasteiger charge is -2.31. The smallest absolute Gasteiger partial charge is 0.0110 e. The second-order valence-electron chi connectivity index (χ2n) is 6.21. The van der Waals surface area contributed by atoms with Gasteiger partial charge in [-0.2, -0.15) is 0 Å². The molecule has 110 valence electrons. The Labute approximate surface area is 128 Å². The molecule has 0 aliphatic carbocycles. The summed E-state index contributed by atoms with van der Waals surface area (Å²) in [4.78, 5) is 0. The minimum Gasteiger partial charge on any atom is -0.311 e. The molecule has 1 aliphatic heterocycles. The highest BCUT2D eigenvalue weighted by Gasteiger charge is 2.20. The van der Waals surface area contributed by atoms with Crippen molar-refractivity contribution < 1.29 is 0 Å². The van der Waals surface area contributed by atoms with Gasteiger partial charge in [0.15, 0.2) is 0 Å². The monoisotopic (exact) mass is 279 g/mol. The van der Waals surface area contributed by atoms with E-state index in [2.05, 4.69) is 66.0 Å². The molecule has 0 aromatic heterocycles. The van der Waals surface area contributed by atoms with Crippen molar-refractivity contribution >= 4 is 0 Å². The van der Waals surface area contributed by atoms with Gasteiger partial charge in [0, 0.05) is 12.1 Å². The van der Waals surface area contributed by atoms with Crippen LogP contribution in [0.25, 0.3) is 0 Å². The van der Waals surface area contributed by atoms with Crippen LogP contribution in [0.3, 0.4) is 0 Å². The minimum atomic E-state index is 0.655. The summed E-state index contributed by atoms with van der Waals surface area (Å²) < 4.78 is 0. The van der Waals surface area contributed by atoms with Crippen molar-refractivity contribution in [2.75, 3.05) is 0 Å². The summed E-state index contributed by atoms with van der Waals surface area (Å²) in [5.74, 6) is 0. The van der Waals surface area contributed by atoms with Crippen molar-refractivity contribution in [2.24, 2.45) is 0 Å². The molecule has 1 heterocycles. The molecule has 2 aromatic rings. The molecule has 3 rings (SSSR count). The maximum Gasteiger partial charge on any atom is 0.0110 e. The number of rotatable bonds is 5. The van der Waals surface area contributed by atoms with Crippen molar-refractivity contribution in [1.29, 1.82) is 0 Å². The van der Waals surface area contributed by atoms with E-state index in [4.69, 9.17) is 0 Å². The molecule has 1 N–H and O–H groups in total. The number of aryl methyl sites for hydroxylation is 1. The summed E-state index contributed by atoms with van der Waals surface area (Å²) in [6, 6.07) is 23.1. The molecule has 0 saturated carbocycles. The van der Waals surface area contributed by atoms with Crippen LogP contribution in [0.5, 0.6) is 0 Å². The first-order valence-corrected chi connectivity index (χ1v) is 8.24. The topological polar surface area (TPSA) is 12.0 Å². The van der Waals surface area contributed by atoms with Crippen molar-refractivity contribution in [1.82, 2.24) is 5.32 Å². The van der Waals surface area contributed by atoms with Crippen LogP contribution < -0.4 is 5.32 Å². The first kappa shape index (κ1) is 14.3. The summed E-state index contributed by atoms with van der Waals surface area (Å²) >= 11 is 0. The highest BCUT2D eigenvalue weighted by atomic mass is 15.0. The maximum absolute atomic E-state index is 3.87. The molecular weight excluding hydrogens is 254 g/mol. The van der Waals surface area contributed by atoms with Gasteiger partial charge in [-0.05, 0) is 43.2 Å². The standard InChI is InChI=1S/C20H25N/c1-3-8-17(9-4-1)14-15-19-12-7-13-20(21-19)16-18-10-5-2-6-11-18/h1-6,8-11,19-21H,7,12-16H2/t19-,20+/m1/s1. The Morgan fingerprint density at radius 2 is 1.38 bits per heavy atom. The van der Waals surface area contributed by atoms with Crippen LogP contribution in [0.15, 0.2) is 60.7 Å². The van der Waals surface area contributed by atoms with Crippen molar-refractivity contribution in [3.05, 3.63) is 71.8 Å². The van der Waals surface area contributed by atoms with Crippen molar-refractivity contribution in [3.63, 3.8) is 0 Å². The zero-order chi connectivity index (χ0) is 14.3. The van der Waals surface area contributed by atoms with E-state index in [1.165, 1.54) is 49.7 Å². The lowest BCUT2D eigenvalue weighted by molar-refractivity contribution is 0.306. The summed E-state index contributed by atoms with van der Waals surface area (Å²) in [7, 11) is 0. The summed E-state index contributed by atoms with van der Waals surface area (Å²) in [6.07, 6.45) is 7.63. The van der Waals surface area contributed by atoms with Gasteiger partial charge in [0.1, 0.15) is 0 Å². The van der Waals surface area contributed by atoms with E-state index in [1.807, 2.05) is 0 Å². The third-order valence-electron chi connectivity index (χ3n) is 4.53. The van der Waals surface area contributed by atoms with Crippen LogP contribution in [0.1, 0.15) is 36.8 Å². The van der Waals surface area contributed by atoms with E-state index >= 15 is 0 Å². The Morgan fingerprint density at radius 3 is 2.10 bits per heavy atom. The normalized spacial score (nSPS) is 22.1. The van der Waals surface area contributed by atoms with Crippen LogP contribution in [0.2, 0.25) is 0 Å². The van der Waals surface area contributed by atoms with Crippen LogP contribution in [0.4, 0.5) is 0 Å². The largest absolute Gasteiger partial charge is 0.311 e. The molecular formula is C20H25N. The predicted molar refractivity (Wildman–Crippen MR) is 89.5 cm³/mol. The Hall–Kier alpha value is -1.60. The maximum atomic E-state index is 3.87. The fourth-order valence-electron chi connectivity index (χ4n) is 3.38. The first-order valence-electron chi connectivity index (χ1n) is 8.24. The van der Waals surface area contributed by atoms with Crippen LogP contribution >= 0.6 is 0 Å². The average molecular weight is 279 g/mol. The van der Waals surface area contributed by atoms with Gasteiger partial charge in [0.25, 0.3) is 0 Å². The van der Waals surface area contributed by atoms with E-state index in [1.54, 1.807) is 0 Å². The molecule has 21 heavy (non-hydrogen) atoms. The second kappa shape index (κ2) is 7.42. The van der Waals surface area contributed by atoms with Crippen molar-refractivity contribution in [3.8, 4) is 0 Å². The molecule has 0 amide bonds. The lowest BCUT2D eigenvalue weighted by Crippen LogP contribution is -2.43. The fraction of sp³-hybridized carbons (Fsp3) is 0.400. The Kier molecular flexibility index (Phi) is 5.07. The molecule has 0 unspecified atom stereocenters. The average Bonchev–Trinajstić information content (AvgIpc) is 2.55. The highest BCUT2D eigenvalue weighted by molar-refractivity contribution is 5.17. The molecule has 1 saturated heterocycles. The summed E-state index contributed by atoms with van der Waals surface area (Å²) in [5, 5.41) is 3.87. The molecule has 0 spiro atoms. The molecule has 1 aliphatic rings. The highest BCUT2D eigenvalue weighted by Crippen LogP contribution is 2.19. The Bertz CT molecular complexity index is 520. The van der Waals surface area contributed by atoms with Crippen LogP contribution in [-0.2, 0) is 12.8 Å².